The zero-order valence-electron chi connectivity index (χ0n) is 26.1. The number of hydrogen-bond donors (Lipinski definition) is 0. The molecule has 0 amide bonds. The summed E-state index contributed by atoms with van der Waals surface area (Å²) in [5.74, 6) is 0. The van der Waals surface area contributed by atoms with Crippen molar-refractivity contribution < 1.29 is 177 Å². The number of rotatable bonds is 3. The van der Waals surface area contributed by atoms with Crippen molar-refractivity contribution >= 4 is 50.2 Å². The zero-order valence-corrected chi connectivity index (χ0v) is 41.5. The topological polar surface area (TPSA) is 97.9 Å². The van der Waals surface area contributed by atoms with Gasteiger partial charge in [-0.1, -0.05) is 75.3 Å². The van der Waals surface area contributed by atoms with Crippen LogP contribution >= 0.6 is 0 Å². The molecule has 0 bridgehead atoms. The Morgan fingerprint density at radius 2 is 0.781 bits per heavy atom. The van der Waals surface area contributed by atoms with E-state index >= 15 is 0 Å². The largest absolute Gasteiger partial charge is 1.00 e. The smallest absolute Gasteiger partial charge is 0.859 e. The average molecular weight is 638 g/mol. The van der Waals surface area contributed by atoms with Gasteiger partial charge in [-0.25, -0.2) is 0 Å². The molecule has 0 aromatic heterocycles. The Balaban J connectivity index is -0.0000000240. The zero-order chi connectivity index (χ0) is 25.0. The molecule has 0 rings (SSSR count). The molecule has 0 radical (unpaired) electrons. The maximum Gasteiger partial charge on any atom is 1.00 e. The van der Waals surface area contributed by atoms with Crippen LogP contribution in [0.4, 0.5) is 0 Å². The van der Waals surface area contributed by atoms with Gasteiger partial charge in [-0.15, -0.1) is 0 Å². The Kier molecular flexibility index (Phi) is 80.3. The quantitative estimate of drug-likeness (QED) is 0.302. The van der Waals surface area contributed by atoms with E-state index in [0.717, 1.165) is 0 Å². The molecule has 0 aliphatic rings. The molecule has 2 N–H and O–H groups in total. The molecular weight excluding hydrogens is 582 g/mol. The second-order valence-electron chi connectivity index (χ2n) is 9.45. The van der Waals surface area contributed by atoms with Gasteiger partial charge in [0.2, 0.25) is 0 Å². The van der Waals surface area contributed by atoms with Crippen LogP contribution in [0.5, 0.6) is 0 Å². The van der Waals surface area contributed by atoms with Crippen molar-refractivity contribution in [3.05, 3.63) is 0 Å². The standard InChI is InChI=1S/C6H18OSi2.C4H12OSi2.C3H9OSi.2C2H6.CH3OSi.3K.H2O/c1-8(2,3)7-9(4,5)6;1-6(5)7(2,3)4;1-5(2,3)4;2*1-2;1-3-2;;;;/h1-6H3;1-4H3;1-3H3;2*1-2H3;1H3;;;;1H2/q;;-1;;;-1;3*+1;. The molecule has 0 atom stereocenters. The van der Waals surface area contributed by atoms with Crippen LogP contribution in [0.15, 0.2) is 0 Å². The fourth-order valence-corrected chi connectivity index (χ4v) is 8.27. The van der Waals surface area contributed by atoms with E-state index in [0.29, 0.717) is 0 Å². The summed E-state index contributed by atoms with van der Waals surface area (Å²) in [6.07, 6.45) is 0. The minimum absolute atomic E-state index is 0. The van der Waals surface area contributed by atoms with Crippen LogP contribution in [-0.4, -0.2) is 55.6 Å². The SMILES string of the molecule is CC.CC.C[Si-]=O.C[Si](=O)[Si](C)(C)C.C[Si](C)(C)O[Si](C)(C)C.C[Si](C)(C)[O-].O.[K+].[K+].[K+]. The van der Waals surface area contributed by atoms with E-state index in [1.165, 1.54) is 0 Å². The minimum atomic E-state index is -1.86. The normalized spacial score (nSPS) is 9.09. The average Bonchev–Trinajstić information content (AvgIpc) is 2.37. The summed E-state index contributed by atoms with van der Waals surface area (Å²) in [6, 6.07) is 0. The Morgan fingerprint density at radius 3 is 0.781 bits per heavy atom. The van der Waals surface area contributed by atoms with Gasteiger partial charge in [-0.3, -0.25) is 0 Å². The van der Waals surface area contributed by atoms with Crippen molar-refractivity contribution in [2.75, 3.05) is 0 Å². The second-order valence-corrected chi connectivity index (χ2v) is 35.6. The molecular formula is C18H56K3O5Si6+. The molecule has 0 saturated carbocycles. The van der Waals surface area contributed by atoms with Gasteiger partial charge in [-0.2, -0.15) is 16.0 Å². The summed E-state index contributed by atoms with van der Waals surface area (Å²) in [4.78, 5) is 10.2. The summed E-state index contributed by atoms with van der Waals surface area (Å²) in [6.45, 7) is 36.6. The van der Waals surface area contributed by atoms with Crippen molar-refractivity contribution in [1.82, 2.24) is 0 Å². The molecule has 0 heterocycles. The molecule has 32 heavy (non-hydrogen) atoms. The molecule has 0 aliphatic carbocycles. The minimum Gasteiger partial charge on any atom is -0.859 e. The molecule has 0 fully saturated rings. The van der Waals surface area contributed by atoms with E-state index < -0.39 is 40.7 Å². The molecule has 14 heteroatoms. The van der Waals surface area contributed by atoms with Crippen LogP contribution in [0, 0.1) is 0 Å². The first-order chi connectivity index (χ1) is 12.1. The Bertz CT molecular complexity index is 337. The Hall–Kier alpha value is 5.69. The molecule has 0 unspecified atom stereocenters. The molecule has 0 aromatic rings. The first-order valence-electron chi connectivity index (χ1n) is 10.3. The van der Waals surface area contributed by atoms with Gasteiger partial charge in [0.15, 0.2) is 16.6 Å². The van der Waals surface area contributed by atoms with Crippen molar-refractivity contribution in [3.63, 3.8) is 0 Å². The van der Waals surface area contributed by atoms with Crippen LogP contribution in [0.1, 0.15) is 27.7 Å². The maximum absolute atomic E-state index is 10.7. The van der Waals surface area contributed by atoms with Crippen LogP contribution in [0.25, 0.3) is 0 Å². The van der Waals surface area contributed by atoms with Gasteiger partial charge in [-0.05, 0) is 45.8 Å². The van der Waals surface area contributed by atoms with Crippen molar-refractivity contribution in [3.8, 4) is 0 Å². The van der Waals surface area contributed by atoms with Crippen molar-refractivity contribution in [2.45, 2.75) is 119 Å². The maximum atomic E-state index is 10.7. The summed E-state index contributed by atoms with van der Waals surface area (Å²) in [7, 11) is -6.84. The van der Waals surface area contributed by atoms with Gasteiger partial charge in [0, 0.05) is 0 Å². The van der Waals surface area contributed by atoms with Gasteiger partial charge < -0.3 is 23.3 Å². The summed E-state index contributed by atoms with van der Waals surface area (Å²) in [5.41, 5.74) is 0. The van der Waals surface area contributed by atoms with Crippen LogP contribution in [0.2, 0.25) is 91.7 Å². The number of hydrogen-bond acceptors (Lipinski definition) is 4. The van der Waals surface area contributed by atoms with E-state index in [9.17, 15) is 9.26 Å². The third kappa shape index (κ3) is 137. The van der Waals surface area contributed by atoms with E-state index in [4.69, 9.17) is 8.58 Å². The summed E-state index contributed by atoms with van der Waals surface area (Å²) in [5, 5.41) is 0. The first-order valence-corrected chi connectivity index (χ1v) is 28.3. The van der Waals surface area contributed by atoms with Crippen LogP contribution in [0.3, 0.4) is 0 Å². The molecule has 0 aromatic carbocycles. The molecule has 0 aliphatic heterocycles. The van der Waals surface area contributed by atoms with Crippen LogP contribution < -0.4 is 159 Å². The molecule has 0 spiro atoms. The predicted octanol–water partition coefficient (Wildman–Crippen LogP) is -3.37. The van der Waals surface area contributed by atoms with Crippen molar-refractivity contribution in [1.29, 1.82) is 0 Å². The molecule has 5 nitrogen and oxygen atoms in total. The first kappa shape index (κ1) is 66.2. The molecule has 184 valence electrons. The van der Waals surface area contributed by atoms with Crippen molar-refractivity contribution in [2.24, 2.45) is 0 Å². The van der Waals surface area contributed by atoms with Crippen LogP contribution in [-0.2, 0) is 13.0 Å². The van der Waals surface area contributed by atoms with E-state index in [-0.39, 0.29) is 169 Å². The van der Waals surface area contributed by atoms with E-state index in [1.807, 2.05) is 34.2 Å². The van der Waals surface area contributed by atoms with E-state index in [2.05, 4.69) is 58.9 Å². The summed E-state index contributed by atoms with van der Waals surface area (Å²) >= 11 is 0. The fraction of sp³-hybridized carbons (Fsp3) is 1.00. The Labute approximate surface area is 339 Å². The van der Waals surface area contributed by atoms with Gasteiger partial charge in [0.25, 0.3) is 8.20 Å². The van der Waals surface area contributed by atoms with Gasteiger partial charge in [0.05, 0.1) is 0 Å². The van der Waals surface area contributed by atoms with Gasteiger partial charge >= 0.3 is 154 Å². The monoisotopic (exact) mass is 637 g/mol. The summed E-state index contributed by atoms with van der Waals surface area (Å²) < 4.78 is 25.6. The van der Waals surface area contributed by atoms with Gasteiger partial charge in [0.1, 0.15) is 7.59 Å². The third-order valence-electron chi connectivity index (χ3n) is 1.67. The second kappa shape index (κ2) is 38.8. The Morgan fingerprint density at radius 1 is 0.688 bits per heavy atom. The third-order valence-corrected chi connectivity index (χ3v) is 15.0. The van der Waals surface area contributed by atoms with E-state index in [1.54, 1.807) is 26.2 Å². The molecule has 0 saturated heterocycles. The predicted molar refractivity (Wildman–Crippen MR) is 145 cm³/mol. The fourth-order valence-electron chi connectivity index (χ4n) is 0.919.